The predicted molar refractivity (Wildman–Crippen MR) is 62.5 cm³/mol. The second-order valence-corrected chi connectivity index (χ2v) is 3.72. The van der Waals surface area contributed by atoms with Gasteiger partial charge in [-0.1, -0.05) is 12.1 Å². The third-order valence-corrected chi connectivity index (χ3v) is 2.55. The molecule has 1 aromatic heterocycles. The minimum Gasteiger partial charge on any atom is -0.327 e. The summed E-state index contributed by atoms with van der Waals surface area (Å²) in [6.07, 6.45) is 3.43. The summed E-state index contributed by atoms with van der Waals surface area (Å²) in [5.74, 6) is 0.776. The van der Waals surface area contributed by atoms with Crippen LogP contribution in [-0.2, 0) is 6.54 Å². The first-order valence-corrected chi connectivity index (χ1v) is 5.22. The molecule has 0 unspecified atom stereocenters. The first-order valence-electron chi connectivity index (χ1n) is 5.22. The largest absolute Gasteiger partial charge is 0.327 e. The molecule has 0 atom stereocenters. The average Bonchev–Trinajstić information content (AvgIpc) is 2.75. The van der Waals surface area contributed by atoms with Crippen molar-refractivity contribution in [1.29, 1.82) is 5.26 Å². The van der Waals surface area contributed by atoms with E-state index in [-0.39, 0.29) is 12.3 Å². The van der Waals surface area contributed by atoms with Crippen LogP contribution in [0.4, 0.5) is 0 Å². The summed E-state index contributed by atoms with van der Waals surface area (Å²) in [6.45, 7) is 2.10. The standard InChI is InChI=1S/C13H11N3O/c1-10-15-5-6-16(10)9-13(17)12-4-2-3-11(7-12)8-14/h2-7H,9H2,1H3. The fourth-order valence-corrected chi connectivity index (χ4v) is 1.58. The number of Topliss-reactive ketones (excluding diaryl/α,β-unsaturated/α-hetero) is 1. The van der Waals surface area contributed by atoms with Crippen LogP contribution in [0.5, 0.6) is 0 Å². The van der Waals surface area contributed by atoms with E-state index < -0.39 is 0 Å². The lowest BCUT2D eigenvalue weighted by Crippen LogP contribution is -2.11. The molecule has 0 aliphatic heterocycles. The maximum atomic E-state index is 12.0. The van der Waals surface area contributed by atoms with Crippen molar-refractivity contribution in [2.45, 2.75) is 13.5 Å². The van der Waals surface area contributed by atoms with Gasteiger partial charge in [0.1, 0.15) is 5.82 Å². The van der Waals surface area contributed by atoms with Gasteiger partial charge in [0.05, 0.1) is 18.2 Å². The van der Waals surface area contributed by atoms with Crippen LogP contribution in [0.2, 0.25) is 0 Å². The predicted octanol–water partition coefficient (Wildman–Crippen LogP) is 1.95. The number of hydrogen-bond acceptors (Lipinski definition) is 3. The lowest BCUT2D eigenvalue weighted by atomic mass is 10.1. The summed E-state index contributed by atoms with van der Waals surface area (Å²) < 4.78 is 1.78. The van der Waals surface area contributed by atoms with Gasteiger partial charge in [0, 0.05) is 18.0 Å². The molecule has 2 rings (SSSR count). The van der Waals surface area contributed by atoms with E-state index in [9.17, 15) is 4.79 Å². The van der Waals surface area contributed by atoms with Gasteiger partial charge in [-0.15, -0.1) is 0 Å². The van der Waals surface area contributed by atoms with Gasteiger partial charge in [-0.2, -0.15) is 5.26 Å². The molecule has 17 heavy (non-hydrogen) atoms. The fraction of sp³-hybridized carbons (Fsp3) is 0.154. The summed E-state index contributed by atoms with van der Waals surface area (Å²) in [5.41, 5.74) is 1.05. The van der Waals surface area contributed by atoms with Crippen molar-refractivity contribution in [3.63, 3.8) is 0 Å². The Morgan fingerprint density at radius 1 is 1.53 bits per heavy atom. The number of aryl methyl sites for hydroxylation is 1. The third-order valence-electron chi connectivity index (χ3n) is 2.55. The Balaban J connectivity index is 2.21. The summed E-state index contributed by atoms with van der Waals surface area (Å²) in [4.78, 5) is 16.0. The zero-order valence-corrected chi connectivity index (χ0v) is 9.42. The number of rotatable bonds is 3. The molecular weight excluding hydrogens is 214 g/mol. The number of nitriles is 1. The van der Waals surface area contributed by atoms with Gasteiger partial charge in [0.25, 0.3) is 0 Å². The zero-order valence-electron chi connectivity index (χ0n) is 9.42. The number of ketones is 1. The van der Waals surface area contributed by atoms with Crippen LogP contribution in [0, 0.1) is 18.3 Å². The van der Waals surface area contributed by atoms with Crippen LogP contribution in [0.25, 0.3) is 0 Å². The van der Waals surface area contributed by atoms with Crippen LogP contribution in [0.1, 0.15) is 21.7 Å². The second kappa shape index (κ2) is 4.62. The molecule has 0 saturated carbocycles. The highest BCUT2D eigenvalue weighted by Gasteiger charge is 2.08. The smallest absolute Gasteiger partial charge is 0.182 e. The van der Waals surface area contributed by atoms with Crippen LogP contribution in [0.3, 0.4) is 0 Å². The summed E-state index contributed by atoms with van der Waals surface area (Å²) in [7, 11) is 0. The lowest BCUT2D eigenvalue weighted by Gasteiger charge is -2.04. The lowest BCUT2D eigenvalue weighted by molar-refractivity contribution is 0.0971. The molecule has 1 heterocycles. The monoisotopic (exact) mass is 225 g/mol. The first kappa shape index (κ1) is 11.1. The van der Waals surface area contributed by atoms with Crippen molar-refractivity contribution < 1.29 is 4.79 Å². The normalized spacial score (nSPS) is 9.88. The minimum atomic E-state index is -0.0248. The van der Waals surface area contributed by atoms with Gasteiger partial charge in [0.15, 0.2) is 5.78 Å². The molecule has 4 nitrogen and oxygen atoms in total. The van der Waals surface area contributed by atoms with Crippen LogP contribution >= 0.6 is 0 Å². The topological polar surface area (TPSA) is 58.7 Å². The first-order chi connectivity index (χ1) is 8.20. The number of hydrogen-bond donors (Lipinski definition) is 0. The highest BCUT2D eigenvalue weighted by Crippen LogP contribution is 2.07. The average molecular weight is 225 g/mol. The summed E-state index contributed by atoms with van der Waals surface area (Å²) >= 11 is 0. The van der Waals surface area contributed by atoms with E-state index in [0.717, 1.165) is 5.82 Å². The van der Waals surface area contributed by atoms with Gasteiger partial charge in [0.2, 0.25) is 0 Å². The van der Waals surface area contributed by atoms with Crippen molar-refractivity contribution in [3.8, 4) is 6.07 Å². The molecule has 0 aliphatic carbocycles. The quantitative estimate of drug-likeness (QED) is 0.750. The number of carbonyl (C=O) groups excluding carboxylic acids is 1. The number of benzene rings is 1. The SMILES string of the molecule is Cc1nccn1CC(=O)c1cccc(C#N)c1. The molecule has 0 radical (unpaired) electrons. The molecule has 0 N–H and O–H groups in total. The van der Waals surface area contributed by atoms with Crippen LogP contribution < -0.4 is 0 Å². The van der Waals surface area contributed by atoms with E-state index >= 15 is 0 Å². The van der Waals surface area contributed by atoms with Gasteiger partial charge in [-0.05, 0) is 19.1 Å². The van der Waals surface area contributed by atoms with Crippen LogP contribution in [-0.4, -0.2) is 15.3 Å². The molecular formula is C13H11N3O. The Kier molecular flexibility index (Phi) is 3.01. The Morgan fingerprint density at radius 2 is 2.35 bits per heavy atom. The second-order valence-electron chi connectivity index (χ2n) is 3.72. The molecule has 0 spiro atoms. The maximum absolute atomic E-state index is 12.0. The molecule has 4 heteroatoms. The number of aromatic nitrogens is 2. The van der Waals surface area contributed by atoms with E-state index in [2.05, 4.69) is 4.98 Å². The number of nitrogens with zero attached hydrogens (tertiary/aromatic N) is 3. The molecule has 0 aliphatic rings. The summed E-state index contributed by atoms with van der Waals surface area (Å²) in [5, 5.41) is 8.77. The highest BCUT2D eigenvalue weighted by atomic mass is 16.1. The van der Waals surface area contributed by atoms with E-state index in [1.54, 1.807) is 41.2 Å². The minimum absolute atomic E-state index is 0.0248. The maximum Gasteiger partial charge on any atom is 0.182 e. The summed E-state index contributed by atoms with van der Waals surface area (Å²) in [6, 6.07) is 8.74. The molecule has 2 aromatic rings. The van der Waals surface area contributed by atoms with Crippen molar-refractivity contribution >= 4 is 5.78 Å². The van der Waals surface area contributed by atoms with E-state index in [0.29, 0.717) is 11.1 Å². The van der Waals surface area contributed by atoms with Crippen LogP contribution in [0.15, 0.2) is 36.7 Å². The van der Waals surface area contributed by atoms with Crippen molar-refractivity contribution in [3.05, 3.63) is 53.6 Å². The van der Waals surface area contributed by atoms with E-state index in [1.807, 2.05) is 13.0 Å². The van der Waals surface area contributed by atoms with Gasteiger partial charge in [-0.25, -0.2) is 4.98 Å². The third kappa shape index (κ3) is 2.40. The molecule has 0 bridgehead atoms. The number of imidazole rings is 1. The fourth-order valence-electron chi connectivity index (χ4n) is 1.58. The zero-order chi connectivity index (χ0) is 12.3. The Hall–Kier alpha value is -2.41. The molecule has 0 fully saturated rings. The Morgan fingerprint density at radius 3 is 3.00 bits per heavy atom. The van der Waals surface area contributed by atoms with Gasteiger partial charge >= 0.3 is 0 Å². The molecule has 84 valence electrons. The highest BCUT2D eigenvalue weighted by molar-refractivity contribution is 5.96. The van der Waals surface area contributed by atoms with Crippen molar-refractivity contribution in [1.82, 2.24) is 9.55 Å². The van der Waals surface area contributed by atoms with Crippen molar-refractivity contribution in [2.24, 2.45) is 0 Å². The van der Waals surface area contributed by atoms with E-state index in [4.69, 9.17) is 5.26 Å². The molecule has 0 amide bonds. The molecule has 0 saturated heterocycles. The number of carbonyl (C=O) groups is 1. The molecule has 1 aromatic carbocycles. The van der Waals surface area contributed by atoms with Gasteiger partial charge < -0.3 is 4.57 Å². The Bertz CT molecular complexity index is 593. The van der Waals surface area contributed by atoms with Gasteiger partial charge in [-0.3, -0.25) is 4.79 Å². The van der Waals surface area contributed by atoms with E-state index in [1.165, 1.54) is 0 Å². The Labute approximate surface area is 99.1 Å². The van der Waals surface area contributed by atoms with Crippen molar-refractivity contribution in [2.75, 3.05) is 0 Å².